The zero-order chi connectivity index (χ0) is 21.7. The van der Waals surface area contributed by atoms with Crippen LogP contribution >= 0.6 is 0 Å². The van der Waals surface area contributed by atoms with E-state index in [-0.39, 0.29) is 6.42 Å². The van der Waals surface area contributed by atoms with Crippen molar-refractivity contribution in [2.24, 2.45) is 0 Å². The van der Waals surface area contributed by atoms with Crippen LogP contribution in [0.4, 0.5) is 0 Å². The van der Waals surface area contributed by atoms with E-state index >= 15 is 0 Å². The van der Waals surface area contributed by atoms with Crippen LogP contribution in [0.2, 0.25) is 0 Å². The molecule has 1 atom stereocenters. The first-order valence-corrected chi connectivity index (χ1v) is 9.26. The van der Waals surface area contributed by atoms with Gasteiger partial charge in [-0.3, -0.25) is 4.79 Å². The molecule has 0 fully saturated rings. The second-order valence-electron chi connectivity index (χ2n) is 6.50. The Balaban J connectivity index is 1.82. The fourth-order valence-electron chi connectivity index (χ4n) is 2.95. The Morgan fingerprint density at radius 3 is 2.43 bits per heavy atom. The van der Waals surface area contributed by atoms with Gasteiger partial charge in [0, 0.05) is 17.5 Å². The minimum atomic E-state index is -1.36. The van der Waals surface area contributed by atoms with E-state index in [1.165, 1.54) is 12.1 Å². The molecule has 30 heavy (non-hydrogen) atoms. The predicted molar refractivity (Wildman–Crippen MR) is 107 cm³/mol. The number of methoxy groups -OCH3 is 1. The highest BCUT2D eigenvalue weighted by molar-refractivity contribution is 5.94. The average molecular weight is 410 g/mol. The summed E-state index contributed by atoms with van der Waals surface area (Å²) in [5, 5.41) is 13.9. The summed E-state index contributed by atoms with van der Waals surface area (Å²) in [5.41, 5.74) is 1.28. The molecule has 8 nitrogen and oxygen atoms in total. The molecule has 1 amide bonds. The van der Waals surface area contributed by atoms with Crippen molar-refractivity contribution in [1.29, 1.82) is 0 Å². The van der Waals surface area contributed by atoms with Gasteiger partial charge in [-0.05, 0) is 41.8 Å². The molecule has 0 aliphatic carbocycles. The first-order chi connectivity index (χ1) is 14.4. The molecule has 0 aliphatic rings. The molecule has 0 radical (unpaired) electrons. The molecule has 3 aromatic rings. The molecule has 1 N–H and O–H groups in total. The van der Waals surface area contributed by atoms with E-state index in [1.54, 1.807) is 38.3 Å². The standard InChI is InChI=1S/C22H21NO7/c1-3-18(22(26)27)23-20(24)12-29-15-8-9-16-17(11-21(25)30-19(16)10-15)13-4-6-14(28-2)7-5-13/h4-11,18H,3,12H2,1-2H3,(H,23,24)(H,26,27)/p-1/t18-/m1/s1. The van der Waals surface area contributed by atoms with Gasteiger partial charge in [-0.25, -0.2) is 4.79 Å². The Kier molecular flexibility index (Phi) is 6.36. The van der Waals surface area contributed by atoms with Crippen molar-refractivity contribution in [3.05, 3.63) is 59.0 Å². The van der Waals surface area contributed by atoms with Gasteiger partial charge in [0.05, 0.1) is 19.1 Å². The first-order valence-electron chi connectivity index (χ1n) is 9.26. The summed E-state index contributed by atoms with van der Waals surface area (Å²) in [6, 6.07) is 12.5. The van der Waals surface area contributed by atoms with Crippen molar-refractivity contribution in [1.82, 2.24) is 5.32 Å². The van der Waals surface area contributed by atoms with Gasteiger partial charge in [0.15, 0.2) is 6.61 Å². The molecule has 0 aliphatic heterocycles. The largest absolute Gasteiger partial charge is 0.548 e. The van der Waals surface area contributed by atoms with Crippen LogP contribution < -0.4 is 25.5 Å². The van der Waals surface area contributed by atoms with E-state index < -0.39 is 30.2 Å². The van der Waals surface area contributed by atoms with E-state index in [2.05, 4.69) is 5.32 Å². The van der Waals surface area contributed by atoms with Crippen LogP contribution in [0.1, 0.15) is 13.3 Å². The zero-order valence-corrected chi connectivity index (χ0v) is 16.5. The van der Waals surface area contributed by atoms with Gasteiger partial charge in [-0.1, -0.05) is 19.1 Å². The van der Waals surface area contributed by atoms with E-state index in [0.29, 0.717) is 28.0 Å². The van der Waals surface area contributed by atoms with Crippen LogP contribution in [0, 0.1) is 0 Å². The third-order valence-corrected chi connectivity index (χ3v) is 4.51. The lowest BCUT2D eigenvalue weighted by atomic mass is 10.0. The molecular formula is C22H20NO7-. The lowest BCUT2D eigenvalue weighted by Gasteiger charge is -2.17. The molecule has 0 spiro atoms. The molecule has 3 rings (SSSR count). The van der Waals surface area contributed by atoms with Crippen LogP contribution in [0.5, 0.6) is 11.5 Å². The number of hydrogen-bond donors (Lipinski definition) is 1. The van der Waals surface area contributed by atoms with Crippen LogP contribution in [0.3, 0.4) is 0 Å². The second kappa shape index (κ2) is 9.13. The monoisotopic (exact) mass is 410 g/mol. The smallest absolute Gasteiger partial charge is 0.336 e. The van der Waals surface area contributed by atoms with Crippen molar-refractivity contribution in [3.8, 4) is 22.6 Å². The van der Waals surface area contributed by atoms with Crippen molar-refractivity contribution < 1.29 is 28.6 Å². The quantitative estimate of drug-likeness (QED) is 0.559. The summed E-state index contributed by atoms with van der Waals surface area (Å²) in [6.45, 7) is 1.23. The van der Waals surface area contributed by atoms with Gasteiger partial charge in [0.1, 0.15) is 17.1 Å². The van der Waals surface area contributed by atoms with Gasteiger partial charge in [0.25, 0.3) is 5.91 Å². The fourth-order valence-corrected chi connectivity index (χ4v) is 2.95. The van der Waals surface area contributed by atoms with Gasteiger partial charge in [-0.15, -0.1) is 0 Å². The number of nitrogens with one attached hydrogen (secondary N) is 1. The van der Waals surface area contributed by atoms with E-state index in [1.807, 2.05) is 12.1 Å². The summed E-state index contributed by atoms with van der Waals surface area (Å²) in [7, 11) is 1.57. The van der Waals surface area contributed by atoms with Crippen molar-refractivity contribution in [2.45, 2.75) is 19.4 Å². The molecule has 1 heterocycles. The lowest BCUT2D eigenvalue weighted by molar-refractivity contribution is -0.308. The Bertz CT molecular complexity index is 1120. The number of ether oxygens (including phenoxy) is 2. The molecule has 0 bridgehead atoms. The number of benzene rings is 2. The van der Waals surface area contributed by atoms with Crippen LogP contribution in [0.15, 0.2) is 57.7 Å². The predicted octanol–water partition coefficient (Wildman–Crippen LogP) is 1.49. The molecule has 156 valence electrons. The Morgan fingerprint density at radius 2 is 1.80 bits per heavy atom. The van der Waals surface area contributed by atoms with Crippen LogP contribution in [-0.2, 0) is 9.59 Å². The molecule has 8 heteroatoms. The zero-order valence-electron chi connectivity index (χ0n) is 16.5. The highest BCUT2D eigenvalue weighted by Crippen LogP contribution is 2.30. The van der Waals surface area contributed by atoms with Gasteiger partial charge in [0.2, 0.25) is 0 Å². The number of carboxylic acids is 1. The molecular weight excluding hydrogens is 390 g/mol. The van der Waals surface area contributed by atoms with Crippen LogP contribution in [0.25, 0.3) is 22.1 Å². The molecule has 0 saturated carbocycles. The Hall–Kier alpha value is -3.81. The maximum Gasteiger partial charge on any atom is 0.336 e. The van der Waals surface area contributed by atoms with Crippen molar-refractivity contribution in [2.75, 3.05) is 13.7 Å². The number of rotatable bonds is 8. The maximum absolute atomic E-state index is 12.0. The Morgan fingerprint density at radius 1 is 1.10 bits per heavy atom. The third-order valence-electron chi connectivity index (χ3n) is 4.51. The number of aliphatic carboxylic acids is 1. The summed E-state index contributed by atoms with van der Waals surface area (Å²) < 4.78 is 15.9. The number of carbonyl (C=O) groups is 2. The van der Waals surface area contributed by atoms with Gasteiger partial charge < -0.3 is 29.1 Å². The minimum absolute atomic E-state index is 0.198. The number of amides is 1. The topological polar surface area (TPSA) is 118 Å². The Labute approximate surface area is 172 Å². The second-order valence-corrected chi connectivity index (χ2v) is 6.50. The fraction of sp³-hybridized carbons (Fsp3) is 0.227. The number of fused-ring (bicyclic) bond motifs is 1. The third kappa shape index (κ3) is 4.78. The lowest BCUT2D eigenvalue weighted by Crippen LogP contribution is -2.48. The average Bonchev–Trinajstić information content (AvgIpc) is 2.75. The summed E-state index contributed by atoms with van der Waals surface area (Å²) >= 11 is 0. The van der Waals surface area contributed by atoms with E-state index in [4.69, 9.17) is 13.9 Å². The summed E-state index contributed by atoms with van der Waals surface area (Å²) in [5.74, 6) is -0.956. The van der Waals surface area contributed by atoms with Gasteiger partial charge >= 0.3 is 5.63 Å². The molecule has 0 saturated heterocycles. The summed E-state index contributed by atoms with van der Waals surface area (Å²) in [6.07, 6.45) is 0.198. The SMILES string of the molecule is CC[C@@H](NC(=O)COc1ccc2c(-c3ccc(OC)cc3)cc(=O)oc2c1)C(=O)[O-]. The molecule has 1 aromatic heterocycles. The summed E-state index contributed by atoms with van der Waals surface area (Å²) in [4.78, 5) is 34.8. The normalized spacial score (nSPS) is 11.7. The molecule has 0 unspecified atom stereocenters. The van der Waals surface area contributed by atoms with Gasteiger partial charge in [-0.2, -0.15) is 0 Å². The highest BCUT2D eigenvalue weighted by atomic mass is 16.5. The maximum atomic E-state index is 12.0. The van der Waals surface area contributed by atoms with E-state index in [0.717, 1.165) is 5.56 Å². The minimum Gasteiger partial charge on any atom is -0.548 e. The first kappa shape index (κ1) is 20.9. The van der Waals surface area contributed by atoms with Crippen molar-refractivity contribution in [3.63, 3.8) is 0 Å². The van der Waals surface area contributed by atoms with Crippen molar-refractivity contribution >= 4 is 22.8 Å². The number of carboxylic acid groups (broad SMARTS) is 1. The number of hydrogen-bond acceptors (Lipinski definition) is 7. The van der Waals surface area contributed by atoms with Crippen LogP contribution in [-0.4, -0.2) is 31.6 Å². The molecule has 2 aromatic carbocycles. The number of carbonyl (C=O) groups excluding carboxylic acids is 2. The highest BCUT2D eigenvalue weighted by Gasteiger charge is 2.13. The van der Waals surface area contributed by atoms with E-state index in [9.17, 15) is 19.5 Å².